The lowest BCUT2D eigenvalue weighted by molar-refractivity contribution is -0.122. The lowest BCUT2D eigenvalue weighted by atomic mass is 10.0. The summed E-state index contributed by atoms with van der Waals surface area (Å²) in [5.41, 5.74) is 1.49. The summed E-state index contributed by atoms with van der Waals surface area (Å²) in [4.78, 5) is 40.0. The van der Waals surface area contributed by atoms with Gasteiger partial charge in [-0.2, -0.15) is 0 Å². The number of hydrogen-bond donors (Lipinski definition) is 3. The average Bonchev–Trinajstić information content (AvgIpc) is 2.73. The third kappa shape index (κ3) is 4.43. The van der Waals surface area contributed by atoms with Crippen LogP contribution in [-0.2, 0) is 4.79 Å². The van der Waals surface area contributed by atoms with Crippen molar-refractivity contribution < 1.29 is 18.4 Å². The number of rotatable bonds is 5. The highest BCUT2D eigenvalue weighted by molar-refractivity contribution is 5.97. The molecular weight excluding hydrogens is 392 g/mol. The van der Waals surface area contributed by atoms with E-state index >= 15 is 0 Å². The first-order valence-corrected chi connectivity index (χ1v) is 9.08. The molecule has 3 N–H and O–H groups in total. The first kappa shape index (κ1) is 20.9. The maximum absolute atomic E-state index is 13.6. The average molecular weight is 411 g/mol. The number of likely N-dealkylation sites (N-methyl/N-ethyl adjacent to an activating group) is 1. The third-order valence-electron chi connectivity index (χ3n) is 4.54. The van der Waals surface area contributed by atoms with Crippen molar-refractivity contribution in [1.82, 2.24) is 15.6 Å². The second-order valence-corrected chi connectivity index (χ2v) is 6.68. The van der Waals surface area contributed by atoms with E-state index in [4.69, 9.17) is 0 Å². The largest absolute Gasteiger partial charge is 0.357 e. The predicted octanol–water partition coefficient (Wildman–Crippen LogP) is 2.85. The number of aromatic nitrogens is 1. The van der Waals surface area contributed by atoms with E-state index in [1.165, 1.54) is 19.2 Å². The second-order valence-electron chi connectivity index (χ2n) is 6.68. The van der Waals surface area contributed by atoms with Crippen molar-refractivity contribution in [3.05, 3.63) is 93.3 Å². The minimum absolute atomic E-state index is 0.0365. The van der Waals surface area contributed by atoms with Crippen molar-refractivity contribution in [3.63, 3.8) is 0 Å². The highest BCUT2D eigenvalue weighted by Gasteiger charge is 2.24. The molecule has 2 amide bonds. The van der Waals surface area contributed by atoms with Crippen molar-refractivity contribution in [1.29, 1.82) is 0 Å². The molecule has 3 rings (SSSR count). The molecule has 0 radical (unpaired) electrons. The molecule has 1 aromatic heterocycles. The SMILES string of the molecule is CNC(=O)C(NC(=O)c1ccc(-c2cccc(C)c2)[nH]c1=O)c1ccc(F)c(F)c1. The van der Waals surface area contributed by atoms with Gasteiger partial charge in [-0.3, -0.25) is 14.4 Å². The fraction of sp³-hybridized carbons (Fsp3) is 0.136. The molecule has 1 atom stereocenters. The monoisotopic (exact) mass is 411 g/mol. The smallest absolute Gasteiger partial charge is 0.261 e. The normalized spacial score (nSPS) is 11.6. The number of nitrogens with one attached hydrogen (secondary N) is 3. The van der Waals surface area contributed by atoms with E-state index in [9.17, 15) is 23.2 Å². The lowest BCUT2D eigenvalue weighted by Crippen LogP contribution is -2.40. The molecule has 0 saturated heterocycles. The summed E-state index contributed by atoms with van der Waals surface area (Å²) in [6.07, 6.45) is 0. The minimum Gasteiger partial charge on any atom is -0.357 e. The van der Waals surface area contributed by atoms with Gasteiger partial charge in [-0.1, -0.05) is 29.8 Å². The fourth-order valence-electron chi connectivity index (χ4n) is 2.98. The zero-order valence-electron chi connectivity index (χ0n) is 16.3. The number of benzene rings is 2. The molecule has 1 unspecified atom stereocenters. The van der Waals surface area contributed by atoms with E-state index in [1.807, 2.05) is 31.2 Å². The predicted molar refractivity (Wildman–Crippen MR) is 108 cm³/mol. The van der Waals surface area contributed by atoms with Crippen LogP contribution < -0.4 is 16.2 Å². The molecule has 0 aliphatic rings. The molecule has 0 aliphatic carbocycles. The zero-order chi connectivity index (χ0) is 21.8. The maximum atomic E-state index is 13.6. The summed E-state index contributed by atoms with van der Waals surface area (Å²) in [5.74, 6) is -3.72. The molecule has 0 saturated carbocycles. The molecule has 0 spiro atoms. The molecular formula is C22H19F2N3O3. The first-order chi connectivity index (χ1) is 14.3. The van der Waals surface area contributed by atoms with E-state index in [-0.39, 0.29) is 11.1 Å². The Hall–Kier alpha value is -3.81. The van der Waals surface area contributed by atoms with E-state index in [0.29, 0.717) is 5.69 Å². The summed E-state index contributed by atoms with van der Waals surface area (Å²) in [6, 6.07) is 11.9. The molecule has 0 fully saturated rings. The van der Waals surface area contributed by atoms with Crippen LogP contribution in [0.25, 0.3) is 11.3 Å². The molecule has 8 heteroatoms. The van der Waals surface area contributed by atoms with Gasteiger partial charge < -0.3 is 15.6 Å². The van der Waals surface area contributed by atoms with Gasteiger partial charge in [0.1, 0.15) is 11.6 Å². The van der Waals surface area contributed by atoms with Crippen LogP contribution in [0, 0.1) is 18.6 Å². The Labute approximate surface area is 171 Å². The molecule has 2 aromatic carbocycles. The zero-order valence-corrected chi connectivity index (χ0v) is 16.3. The number of halogens is 2. The number of aryl methyl sites for hydroxylation is 1. The third-order valence-corrected chi connectivity index (χ3v) is 4.54. The van der Waals surface area contributed by atoms with Gasteiger partial charge in [0.2, 0.25) is 5.91 Å². The van der Waals surface area contributed by atoms with E-state index in [2.05, 4.69) is 15.6 Å². The Morgan fingerprint density at radius 3 is 2.40 bits per heavy atom. The molecule has 0 bridgehead atoms. The van der Waals surface area contributed by atoms with Crippen LogP contribution in [-0.4, -0.2) is 23.8 Å². The number of carbonyl (C=O) groups excluding carboxylic acids is 2. The van der Waals surface area contributed by atoms with Crippen molar-refractivity contribution in [2.24, 2.45) is 0 Å². The maximum Gasteiger partial charge on any atom is 0.261 e. The Balaban J connectivity index is 1.89. The Morgan fingerprint density at radius 1 is 1.00 bits per heavy atom. The van der Waals surface area contributed by atoms with Crippen LogP contribution in [0.4, 0.5) is 8.78 Å². The Kier molecular flexibility index (Phi) is 6.06. The quantitative estimate of drug-likeness (QED) is 0.603. The van der Waals surface area contributed by atoms with Crippen molar-refractivity contribution >= 4 is 11.8 Å². The van der Waals surface area contributed by atoms with Crippen LogP contribution in [0.15, 0.2) is 59.4 Å². The second kappa shape index (κ2) is 8.69. The standard InChI is InChI=1S/C22H19F2N3O3/c1-12-4-3-5-13(10-12)18-9-7-15(20(28)26-18)21(29)27-19(22(30)25-2)14-6-8-16(23)17(24)11-14/h3-11,19H,1-2H3,(H,25,30)(H,26,28)(H,27,29). The lowest BCUT2D eigenvalue weighted by Gasteiger charge is -2.18. The number of pyridine rings is 1. The van der Waals surface area contributed by atoms with Gasteiger partial charge in [0.05, 0.1) is 0 Å². The molecule has 3 aromatic rings. The van der Waals surface area contributed by atoms with Crippen LogP contribution in [0.1, 0.15) is 27.5 Å². The van der Waals surface area contributed by atoms with Gasteiger partial charge in [-0.05, 0) is 48.4 Å². The number of H-pyrrole nitrogens is 1. The molecule has 6 nitrogen and oxygen atoms in total. The van der Waals surface area contributed by atoms with Crippen molar-refractivity contribution in [2.75, 3.05) is 7.05 Å². The minimum atomic E-state index is -1.31. The van der Waals surface area contributed by atoms with Gasteiger partial charge >= 0.3 is 0 Å². The van der Waals surface area contributed by atoms with Crippen LogP contribution in [0.5, 0.6) is 0 Å². The van der Waals surface area contributed by atoms with Gasteiger partial charge in [0, 0.05) is 12.7 Å². The Morgan fingerprint density at radius 2 is 1.77 bits per heavy atom. The fourth-order valence-corrected chi connectivity index (χ4v) is 2.98. The molecule has 30 heavy (non-hydrogen) atoms. The van der Waals surface area contributed by atoms with Gasteiger partial charge in [-0.25, -0.2) is 8.78 Å². The number of carbonyl (C=O) groups is 2. The van der Waals surface area contributed by atoms with Crippen LogP contribution >= 0.6 is 0 Å². The number of aromatic amines is 1. The Bertz CT molecular complexity index is 1170. The van der Waals surface area contributed by atoms with E-state index in [0.717, 1.165) is 23.3 Å². The number of hydrogen-bond acceptors (Lipinski definition) is 3. The summed E-state index contributed by atoms with van der Waals surface area (Å²) in [7, 11) is 1.34. The highest BCUT2D eigenvalue weighted by atomic mass is 19.2. The highest BCUT2D eigenvalue weighted by Crippen LogP contribution is 2.19. The number of amides is 2. The van der Waals surface area contributed by atoms with Crippen LogP contribution in [0.2, 0.25) is 0 Å². The van der Waals surface area contributed by atoms with Crippen molar-refractivity contribution in [3.8, 4) is 11.3 Å². The first-order valence-electron chi connectivity index (χ1n) is 9.08. The van der Waals surface area contributed by atoms with Gasteiger partial charge in [0.15, 0.2) is 11.6 Å². The molecule has 1 heterocycles. The van der Waals surface area contributed by atoms with Crippen molar-refractivity contribution in [2.45, 2.75) is 13.0 Å². The van der Waals surface area contributed by atoms with Gasteiger partial charge in [0.25, 0.3) is 11.5 Å². The van der Waals surface area contributed by atoms with E-state index < -0.39 is 35.0 Å². The van der Waals surface area contributed by atoms with Gasteiger partial charge in [-0.15, -0.1) is 0 Å². The molecule has 154 valence electrons. The van der Waals surface area contributed by atoms with E-state index in [1.54, 1.807) is 6.07 Å². The molecule has 0 aliphatic heterocycles. The summed E-state index contributed by atoms with van der Waals surface area (Å²) in [6.45, 7) is 1.92. The topological polar surface area (TPSA) is 91.1 Å². The summed E-state index contributed by atoms with van der Waals surface area (Å²) in [5, 5.41) is 4.75. The summed E-state index contributed by atoms with van der Waals surface area (Å²) < 4.78 is 26.8. The summed E-state index contributed by atoms with van der Waals surface area (Å²) >= 11 is 0. The van der Waals surface area contributed by atoms with Crippen LogP contribution in [0.3, 0.4) is 0 Å².